The van der Waals surface area contributed by atoms with E-state index >= 15 is 0 Å². The Morgan fingerprint density at radius 2 is 1.55 bits per heavy atom. The van der Waals surface area contributed by atoms with Gasteiger partial charge < -0.3 is 10.1 Å². The summed E-state index contributed by atoms with van der Waals surface area (Å²) < 4.78 is 55.4. The van der Waals surface area contributed by atoms with Crippen molar-refractivity contribution in [2.24, 2.45) is 0 Å². The Balaban J connectivity index is 1.81. The predicted molar refractivity (Wildman–Crippen MR) is 149 cm³/mol. The van der Waals surface area contributed by atoms with Crippen molar-refractivity contribution >= 4 is 26.0 Å². The third kappa shape index (κ3) is 11.0. The Morgan fingerprint density at radius 3 is 2.16 bits per heavy atom. The van der Waals surface area contributed by atoms with Gasteiger partial charge in [-0.3, -0.25) is 9.63 Å². The molecule has 0 aromatic heterocycles. The number of nitrogens with one attached hydrogen (secondary N) is 2. The van der Waals surface area contributed by atoms with E-state index in [1.165, 1.54) is 32.1 Å². The van der Waals surface area contributed by atoms with Crippen molar-refractivity contribution in [1.29, 1.82) is 0 Å². The van der Waals surface area contributed by atoms with E-state index in [9.17, 15) is 21.6 Å². The third-order valence-corrected chi connectivity index (χ3v) is 10.9. The molecule has 10 nitrogen and oxygen atoms in total. The van der Waals surface area contributed by atoms with Gasteiger partial charge in [-0.1, -0.05) is 45.4 Å². The van der Waals surface area contributed by atoms with Crippen LogP contribution in [0.5, 0.6) is 0 Å². The molecule has 12 heteroatoms. The van der Waals surface area contributed by atoms with Crippen molar-refractivity contribution < 1.29 is 31.2 Å². The first-order valence-corrected chi connectivity index (χ1v) is 17.6. The number of ether oxygens (including phenoxy) is 1. The molecule has 1 amide bonds. The number of hydroxylamine groups is 2. The van der Waals surface area contributed by atoms with Crippen LogP contribution in [0, 0.1) is 0 Å². The monoisotopic (exact) mass is 581 g/mol. The number of hydrogen-bond acceptors (Lipinski definition) is 8. The molecule has 1 saturated heterocycles. The van der Waals surface area contributed by atoms with Crippen LogP contribution < -0.4 is 9.44 Å². The fourth-order valence-electron chi connectivity index (χ4n) is 5.98. The van der Waals surface area contributed by atoms with Crippen molar-refractivity contribution in [3.05, 3.63) is 0 Å². The van der Waals surface area contributed by atoms with Gasteiger partial charge in [0.1, 0.15) is 6.61 Å². The average molecular weight is 582 g/mol. The van der Waals surface area contributed by atoms with E-state index in [1.807, 2.05) is 0 Å². The predicted octanol–water partition coefficient (Wildman–Crippen LogP) is 3.62. The number of carbonyl (C=O) groups excluding carboxylic acids is 1. The Bertz CT molecular complexity index is 949. The van der Waals surface area contributed by atoms with E-state index in [1.54, 1.807) is 4.13 Å². The van der Waals surface area contributed by atoms with Crippen LogP contribution in [0.1, 0.15) is 112 Å². The number of nitrogens with zero attached hydrogens (tertiary/aromatic N) is 1. The van der Waals surface area contributed by atoms with E-state index in [4.69, 9.17) is 9.57 Å². The number of amides is 1. The first-order valence-electron chi connectivity index (χ1n) is 14.1. The molecule has 224 valence electrons. The molecule has 1 heterocycles. The highest BCUT2D eigenvalue weighted by atomic mass is 32.3. The minimum atomic E-state index is -4.02. The summed E-state index contributed by atoms with van der Waals surface area (Å²) in [5, 5.41) is 4.13. The lowest BCUT2D eigenvalue weighted by Crippen LogP contribution is -2.62. The van der Waals surface area contributed by atoms with Crippen LogP contribution in [-0.2, 0) is 34.4 Å². The molecule has 2 N–H and O–H groups in total. The quantitative estimate of drug-likeness (QED) is 0.280. The van der Waals surface area contributed by atoms with Crippen molar-refractivity contribution in [1.82, 2.24) is 14.5 Å². The van der Waals surface area contributed by atoms with Gasteiger partial charge in [0.15, 0.2) is 0 Å². The van der Waals surface area contributed by atoms with E-state index in [0.29, 0.717) is 25.9 Å². The topological polar surface area (TPSA) is 131 Å². The summed E-state index contributed by atoms with van der Waals surface area (Å²) in [6.45, 7) is 11.4. The summed E-state index contributed by atoms with van der Waals surface area (Å²) in [5.74, 6) is -0.290. The largest absolute Gasteiger partial charge is 0.368 e. The van der Waals surface area contributed by atoms with Crippen LogP contribution in [0.25, 0.3) is 0 Å². The van der Waals surface area contributed by atoms with Crippen LogP contribution in [0.2, 0.25) is 0 Å². The Labute approximate surface area is 231 Å². The summed E-state index contributed by atoms with van der Waals surface area (Å²) in [5.41, 5.74) is -0.522. The zero-order valence-corrected chi connectivity index (χ0v) is 25.9. The second-order valence-corrected chi connectivity index (χ2v) is 16.3. The summed E-state index contributed by atoms with van der Waals surface area (Å²) in [4.78, 5) is 18.9. The second-order valence-electron chi connectivity index (χ2n) is 12.3. The maximum Gasteiger partial charge on any atom is 0.246 e. The molecular weight excluding hydrogens is 530 g/mol. The highest BCUT2D eigenvalue weighted by molar-refractivity contribution is 8.04. The van der Waals surface area contributed by atoms with Crippen LogP contribution in [0.15, 0.2) is 0 Å². The minimum absolute atomic E-state index is 0.106. The molecule has 0 aromatic carbocycles. The van der Waals surface area contributed by atoms with Gasteiger partial charge in [-0.2, -0.15) is 5.06 Å². The molecule has 0 spiro atoms. The zero-order valence-electron chi connectivity index (χ0n) is 24.3. The molecule has 1 aliphatic carbocycles. The number of unbranched alkanes of at least 4 members (excludes halogenated alkanes) is 5. The zero-order chi connectivity index (χ0) is 28.6. The van der Waals surface area contributed by atoms with E-state index in [-0.39, 0.29) is 42.2 Å². The van der Waals surface area contributed by atoms with Crippen molar-refractivity contribution in [2.45, 2.75) is 140 Å². The Morgan fingerprint density at radius 1 is 0.947 bits per heavy atom. The minimum Gasteiger partial charge on any atom is -0.368 e. The average Bonchev–Trinajstić information content (AvgIpc) is 2.76. The lowest BCUT2D eigenvalue weighted by molar-refractivity contribution is -0.294. The summed E-state index contributed by atoms with van der Waals surface area (Å²) in [6.07, 6.45) is 11.2. The lowest BCUT2D eigenvalue weighted by Gasteiger charge is -2.53. The first kappa shape index (κ1) is 33.4. The molecule has 38 heavy (non-hydrogen) atoms. The molecule has 2 fully saturated rings. The molecule has 2 atom stereocenters. The SMILES string of the molecule is CCCCCCCCON1C(C)(C)CC(OCC(=O)NC2CCCC(S(=O)(=O)NS(C)(=O)=O)C2)CC1(C)C. The van der Waals surface area contributed by atoms with Crippen LogP contribution >= 0.6 is 0 Å². The van der Waals surface area contributed by atoms with Gasteiger partial charge in [-0.15, -0.1) is 4.13 Å². The van der Waals surface area contributed by atoms with Crippen molar-refractivity contribution in [3.63, 3.8) is 0 Å². The molecule has 0 bridgehead atoms. The molecule has 0 aromatic rings. The molecule has 1 saturated carbocycles. The van der Waals surface area contributed by atoms with Gasteiger partial charge in [0.25, 0.3) is 0 Å². The van der Waals surface area contributed by atoms with E-state index < -0.39 is 25.3 Å². The fourth-order valence-corrected chi connectivity index (χ4v) is 9.17. The second kappa shape index (κ2) is 14.2. The van der Waals surface area contributed by atoms with Gasteiger partial charge in [0, 0.05) is 17.1 Å². The molecule has 2 rings (SSSR count). The van der Waals surface area contributed by atoms with Crippen LogP contribution in [-0.4, -0.2) is 75.7 Å². The third-order valence-electron chi connectivity index (χ3n) is 7.42. The molecule has 1 aliphatic heterocycles. The standard InChI is InChI=1S/C26H51N3O7S2/c1-7-8-9-10-11-12-16-36-29-25(2,3)18-22(19-26(29,4)5)35-20-24(30)27-21-14-13-15-23(17-21)38(33,34)28-37(6,31)32/h21-23,28H,7-20H2,1-6H3,(H,27,30). The summed E-state index contributed by atoms with van der Waals surface area (Å²) in [6, 6.07) is -0.342. The van der Waals surface area contributed by atoms with Gasteiger partial charge in [0.05, 0.1) is 24.2 Å². The maximum atomic E-state index is 12.7. The van der Waals surface area contributed by atoms with Gasteiger partial charge in [-0.05, 0) is 66.2 Å². The van der Waals surface area contributed by atoms with Gasteiger partial charge >= 0.3 is 0 Å². The maximum absolute atomic E-state index is 12.7. The molecular formula is C26H51N3O7S2. The number of carbonyl (C=O) groups is 1. The van der Waals surface area contributed by atoms with Crippen molar-refractivity contribution in [3.8, 4) is 0 Å². The number of rotatable bonds is 15. The van der Waals surface area contributed by atoms with E-state index in [2.05, 4.69) is 45.0 Å². The van der Waals surface area contributed by atoms with Gasteiger partial charge in [-0.25, -0.2) is 16.8 Å². The Hall–Kier alpha value is -0.790. The Kier molecular flexibility index (Phi) is 12.5. The number of hydrogen-bond donors (Lipinski definition) is 2. The van der Waals surface area contributed by atoms with Gasteiger partial charge in [0.2, 0.25) is 26.0 Å². The number of sulfonamides is 2. The summed E-state index contributed by atoms with van der Waals surface area (Å²) >= 11 is 0. The lowest BCUT2D eigenvalue weighted by atomic mass is 9.80. The van der Waals surface area contributed by atoms with E-state index in [0.717, 1.165) is 25.5 Å². The van der Waals surface area contributed by atoms with Crippen molar-refractivity contribution in [2.75, 3.05) is 19.5 Å². The highest BCUT2D eigenvalue weighted by Crippen LogP contribution is 2.40. The normalized spacial score (nSPS) is 24.8. The number of piperidine rings is 1. The molecule has 2 unspecified atom stereocenters. The smallest absolute Gasteiger partial charge is 0.246 e. The highest BCUT2D eigenvalue weighted by Gasteiger charge is 2.47. The fraction of sp³-hybridized carbons (Fsp3) is 0.962. The summed E-state index contributed by atoms with van der Waals surface area (Å²) in [7, 11) is -7.91. The molecule has 0 radical (unpaired) electrons. The molecule has 2 aliphatic rings. The van der Waals surface area contributed by atoms with Crippen LogP contribution in [0.4, 0.5) is 0 Å². The first-order chi connectivity index (χ1) is 17.6. The van der Waals surface area contributed by atoms with Crippen LogP contribution in [0.3, 0.4) is 0 Å².